The van der Waals surface area contributed by atoms with Crippen molar-refractivity contribution < 1.29 is 18.3 Å². The third-order valence-corrected chi connectivity index (χ3v) is 2.07. The van der Waals surface area contributed by atoms with Crippen LogP contribution in [0.5, 0.6) is 0 Å². The van der Waals surface area contributed by atoms with Gasteiger partial charge in [-0.25, -0.2) is 8.78 Å². The van der Waals surface area contributed by atoms with Gasteiger partial charge in [0.05, 0.1) is 6.26 Å². The summed E-state index contributed by atoms with van der Waals surface area (Å²) in [6.07, 6.45) is 0.327. The van der Waals surface area contributed by atoms with Gasteiger partial charge in [0.25, 0.3) is 0 Å². The van der Waals surface area contributed by atoms with Gasteiger partial charge in [-0.2, -0.15) is 0 Å². The molecule has 1 atom stereocenters. The Bertz CT molecular complexity index is 452. The van der Waals surface area contributed by atoms with E-state index in [9.17, 15) is 13.9 Å². The summed E-state index contributed by atoms with van der Waals surface area (Å²) in [4.78, 5) is 0. The predicted octanol–water partition coefficient (Wildman–Crippen LogP) is 2.64. The smallest absolute Gasteiger partial charge is 0.159 e. The van der Waals surface area contributed by atoms with Gasteiger partial charge in [0.1, 0.15) is 11.9 Å². The zero-order chi connectivity index (χ0) is 10.8. The van der Waals surface area contributed by atoms with Crippen molar-refractivity contribution >= 4 is 0 Å². The summed E-state index contributed by atoms with van der Waals surface area (Å²) in [5.74, 6) is -1.63. The molecule has 0 bridgehead atoms. The average molecular weight is 210 g/mol. The fourth-order valence-corrected chi connectivity index (χ4v) is 1.29. The molecule has 78 valence electrons. The maximum Gasteiger partial charge on any atom is 0.159 e. The van der Waals surface area contributed by atoms with Crippen LogP contribution < -0.4 is 0 Å². The second-order valence-corrected chi connectivity index (χ2v) is 3.09. The molecule has 0 aliphatic carbocycles. The minimum Gasteiger partial charge on any atom is -0.466 e. The molecule has 0 aliphatic heterocycles. The van der Waals surface area contributed by atoms with E-state index >= 15 is 0 Å². The number of hydrogen-bond acceptors (Lipinski definition) is 2. The van der Waals surface area contributed by atoms with Gasteiger partial charge in [-0.1, -0.05) is 6.07 Å². The van der Waals surface area contributed by atoms with Crippen LogP contribution in [0.4, 0.5) is 8.78 Å². The first-order valence-corrected chi connectivity index (χ1v) is 4.35. The number of aliphatic hydroxyl groups is 1. The van der Waals surface area contributed by atoms with Crippen LogP contribution >= 0.6 is 0 Å². The molecule has 0 saturated heterocycles. The van der Waals surface area contributed by atoms with E-state index in [2.05, 4.69) is 0 Å². The molecule has 2 aromatic rings. The van der Waals surface area contributed by atoms with Crippen LogP contribution in [0.1, 0.15) is 17.4 Å². The first-order valence-electron chi connectivity index (χ1n) is 4.35. The van der Waals surface area contributed by atoms with E-state index < -0.39 is 17.7 Å². The summed E-state index contributed by atoms with van der Waals surface area (Å²) in [6.45, 7) is 0. The largest absolute Gasteiger partial charge is 0.466 e. The molecule has 2 nitrogen and oxygen atoms in total. The number of furan rings is 1. The van der Waals surface area contributed by atoms with Crippen molar-refractivity contribution in [1.29, 1.82) is 0 Å². The van der Waals surface area contributed by atoms with Crippen LogP contribution in [0.25, 0.3) is 0 Å². The molecule has 4 heteroatoms. The highest BCUT2D eigenvalue weighted by Crippen LogP contribution is 2.23. The first kappa shape index (κ1) is 9.86. The third-order valence-electron chi connectivity index (χ3n) is 2.07. The predicted molar refractivity (Wildman–Crippen MR) is 49.1 cm³/mol. The lowest BCUT2D eigenvalue weighted by Crippen LogP contribution is -1.99. The van der Waals surface area contributed by atoms with Crippen LogP contribution in [0.3, 0.4) is 0 Å². The summed E-state index contributed by atoms with van der Waals surface area (Å²) in [5.41, 5.74) is 0.254. The van der Waals surface area contributed by atoms with Gasteiger partial charge in [0.2, 0.25) is 0 Å². The second kappa shape index (κ2) is 3.82. The minimum atomic E-state index is -1.07. The van der Waals surface area contributed by atoms with Crippen molar-refractivity contribution in [3.05, 3.63) is 59.6 Å². The Kier molecular flexibility index (Phi) is 2.51. The van der Waals surface area contributed by atoms with E-state index in [1.165, 1.54) is 12.3 Å². The number of hydrogen-bond donors (Lipinski definition) is 1. The molecule has 0 aliphatic rings. The zero-order valence-corrected chi connectivity index (χ0v) is 7.65. The maximum absolute atomic E-state index is 12.9. The lowest BCUT2D eigenvalue weighted by atomic mass is 10.1. The summed E-state index contributed by atoms with van der Waals surface area (Å²) < 4.78 is 30.4. The van der Waals surface area contributed by atoms with Gasteiger partial charge in [-0.05, 0) is 29.8 Å². The molecule has 1 unspecified atom stereocenters. The highest BCUT2D eigenvalue weighted by molar-refractivity contribution is 5.25. The maximum atomic E-state index is 12.9. The number of benzene rings is 1. The van der Waals surface area contributed by atoms with Crippen LogP contribution in [-0.2, 0) is 0 Å². The van der Waals surface area contributed by atoms with Gasteiger partial charge in [0, 0.05) is 0 Å². The van der Waals surface area contributed by atoms with E-state index in [-0.39, 0.29) is 5.56 Å². The topological polar surface area (TPSA) is 33.4 Å². The average Bonchev–Trinajstić information content (AvgIpc) is 2.74. The van der Waals surface area contributed by atoms with Crippen LogP contribution in [0.2, 0.25) is 0 Å². The Morgan fingerprint density at radius 3 is 2.53 bits per heavy atom. The zero-order valence-electron chi connectivity index (χ0n) is 7.65. The number of aliphatic hydroxyl groups excluding tert-OH is 1. The molecule has 0 spiro atoms. The van der Waals surface area contributed by atoms with Gasteiger partial charge < -0.3 is 9.52 Å². The minimum absolute atomic E-state index is 0.254. The summed E-state index contributed by atoms with van der Waals surface area (Å²) in [7, 11) is 0. The molecule has 0 radical (unpaired) electrons. The van der Waals surface area contributed by atoms with Crippen molar-refractivity contribution in [3.63, 3.8) is 0 Å². The summed E-state index contributed by atoms with van der Waals surface area (Å²) in [6, 6.07) is 6.40. The van der Waals surface area contributed by atoms with Gasteiger partial charge in [-0.3, -0.25) is 0 Å². The normalized spacial score (nSPS) is 12.7. The molecular formula is C11H8F2O2. The van der Waals surface area contributed by atoms with E-state index in [4.69, 9.17) is 4.42 Å². The number of halogens is 2. The SMILES string of the molecule is OC(c1ccc(F)c(F)c1)c1ccco1. The van der Waals surface area contributed by atoms with Gasteiger partial charge >= 0.3 is 0 Å². The molecule has 0 fully saturated rings. The third kappa shape index (κ3) is 1.89. The Morgan fingerprint density at radius 2 is 1.93 bits per heavy atom. The van der Waals surface area contributed by atoms with Gasteiger partial charge in [0.15, 0.2) is 11.6 Å². The lowest BCUT2D eigenvalue weighted by Gasteiger charge is -2.07. The standard InChI is InChI=1S/C11H8F2O2/c12-8-4-3-7(6-9(8)13)11(14)10-2-1-5-15-10/h1-6,11,14H. The van der Waals surface area contributed by atoms with Crippen molar-refractivity contribution in [2.45, 2.75) is 6.10 Å². The van der Waals surface area contributed by atoms with Crippen molar-refractivity contribution in [1.82, 2.24) is 0 Å². The summed E-state index contributed by atoms with van der Waals surface area (Å²) in [5, 5.41) is 9.71. The monoisotopic (exact) mass is 210 g/mol. The molecule has 15 heavy (non-hydrogen) atoms. The lowest BCUT2D eigenvalue weighted by molar-refractivity contribution is 0.188. The highest BCUT2D eigenvalue weighted by atomic mass is 19.2. The van der Waals surface area contributed by atoms with Crippen LogP contribution in [0.15, 0.2) is 41.0 Å². The van der Waals surface area contributed by atoms with Crippen LogP contribution in [0, 0.1) is 11.6 Å². The fraction of sp³-hybridized carbons (Fsp3) is 0.0909. The molecule has 1 heterocycles. The molecule has 1 N–H and O–H groups in total. The van der Waals surface area contributed by atoms with E-state index in [0.717, 1.165) is 12.1 Å². The molecule has 2 rings (SSSR count). The molecule has 1 aromatic carbocycles. The van der Waals surface area contributed by atoms with E-state index in [1.807, 2.05) is 0 Å². The Morgan fingerprint density at radius 1 is 1.13 bits per heavy atom. The fourth-order valence-electron chi connectivity index (χ4n) is 1.29. The molecular weight excluding hydrogens is 202 g/mol. The number of rotatable bonds is 2. The Balaban J connectivity index is 2.34. The van der Waals surface area contributed by atoms with Crippen molar-refractivity contribution in [3.8, 4) is 0 Å². The van der Waals surface area contributed by atoms with Crippen LogP contribution in [-0.4, -0.2) is 5.11 Å². The highest BCUT2D eigenvalue weighted by Gasteiger charge is 2.14. The quantitative estimate of drug-likeness (QED) is 0.826. The van der Waals surface area contributed by atoms with Crippen molar-refractivity contribution in [2.24, 2.45) is 0 Å². The van der Waals surface area contributed by atoms with E-state index in [0.29, 0.717) is 5.76 Å². The Labute approximate surface area is 84.8 Å². The molecule has 1 aromatic heterocycles. The van der Waals surface area contributed by atoms with Gasteiger partial charge in [-0.15, -0.1) is 0 Å². The molecule has 0 saturated carbocycles. The Hall–Kier alpha value is -1.68. The summed E-state index contributed by atoms with van der Waals surface area (Å²) >= 11 is 0. The van der Waals surface area contributed by atoms with E-state index in [1.54, 1.807) is 12.1 Å². The second-order valence-electron chi connectivity index (χ2n) is 3.09. The van der Waals surface area contributed by atoms with Crippen molar-refractivity contribution in [2.75, 3.05) is 0 Å². The first-order chi connectivity index (χ1) is 7.18. The molecule has 0 amide bonds.